The molecule has 1 aliphatic heterocycles. The van der Waals surface area contributed by atoms with Gasteiger partial charge in [0.25, 0.3) is 0 Å². The summed E-state index contributed by atoms with van der Waals surface area (Å²) in [7, 11) is 0. The maximum Gasteiger partial charge on any atom is 0.308 e. The van der Waals surface area contributed by atoms with Crippen molar-refractivity contribution in [3.63, 3.8) is 0 Å². The molecule has 2 aromatic carbocycles. The van der Waals surface area contributed by atoms with Gasteiger partial charge in [0.1, 0.15) is 33.8 Å². The van der Waals surface area contributed by atoms with E-state index in [9.17, 15) is 14.4 Å². The van der Waals surface area contributed by atoms with Gasteiger partial charge in [-0.25, -0.2) is 0 Å². The van der Waals surface area contributed by atoms with Crippen LogP contribution in [0.1, 0.15) is 33.3 Å². The number of benzene rings is 2. The Morgan fingerprint density at radius 2 is 1.76 bits per heavy atom. The normalized spacial score (nSPS) is 14.3. The number of hydrogen-bond donors (Lipinski definition) is 0. The quantitative estimate of drug-likeness (QED) is 0.369. The molecule has 0 aliphatic carbocycles. The first kappa shape index (κ1) is 18.7. The Labute approximate surface area is 165 Å². The van der Waals surface area contributed by atoms with Crippen molar-refractivity contribution in [3.8, 4) is 17.2 Å². The zero-order chi connectivity index (χ0) is 20.9. The van der Waals surface area contributed by atoms with E-state index < -0.39 is 23.0 Å². The van der Waals surface area contributed by atoms with Crippen LogP contribution >= 0.6 is 0 Å². The third kappa shape index (κ3) is 3.35. The molecule has 0 spiro atoms. The van der Waals surface area contributed by atoms with Gasteiger partial charge in [-0.15, -0.1) is 0 Å². The molecule has 29 heavy (non-hydrogen) atoms. The lowest BCUT2D eigenvalue weighted by Gasteiger charge is -2.28. The third-order valence-electron chi connectivity index (χ3n) is 4.42. The van der Waals surface area contributed by atoms with Crippen molar-refractivity contribution in [2.75, 3.05) is 0 Å². The summed E-state index contributed by atoms with van der Waals surface area (Å²) < 4.78 is 22.3. The van der Waals surface area contributed by atoms with Crippen LogP contribution in [0.25, 0.3) is 28.0 Å². The minimum Gasteiger partial charge on any atom is -0.483 e. The number of ether oxygens (including phenoxy) is 3. The lowest BCUT2D eigenvalue weighted by Crippen LogP contribution is -2.27. The van der Waals surface area contributed by atoms with E-state index in [0.29, 0.717) is 16.9 Å². The topological polar surface area (TPSA) is 92.0 Å². The highest BCUT2D eigenvalue weighted by Gasteiger charge is 2.27. The molecule has 0 saturated heterocycles. The predicted octanol–water partition coefficient (Wildman–Crippen LogP) is 3.98. The van der Waals surface area contributed by atoms with Crippen LogP contribution in [0.2, 0.25) is 0 Å². The summed E-state index contributed by atoms with van der Waals surface area (Å²) in [5, 5.41) is 0.310. The SMILES string of the molecule is CC(=O)Oc1ccc2oc3c4c(cc(OC(C)=O)c3c(=O)c2c1)OC(C)(C)C=C4. The highest BCUT2D eigenvalue weighted by molar-refractivity contribution is 6.00. The van der Waals surface area contributed by atoms with Crippen LogP contribution in [-0.2, 0) is 9.59 Å². The minimum absolute atomic E-state index is 0.0471. The summed E-state index contributed by atoms with van der Waals surface area (Å²) in [6.45, 7) is 6.29. The maximum atomic E-state index is 13.3. The average Bonchev–Trinajstić information content (AvgIpc) is 2.60. The fourth-order valence-corrected chi connectivity index (χ4v) is 3.28. The van der Waals surface area contributed by atoms with Crippen molar-refractivity contribution >= 4 is 40.0 Å². The molecule has 1 aromatic heterocycles. The molecule has 0 saturated carbocycles. The molecule has 0 atom stereocenters. The van der Waals surface area contributed by atoms with Crippen LogP contribution in [0, 0.1) is 0 Å². The highest BCUT2D eigenvalue weighted by Crippen LogP contribution is 2.41. The van der Waals surface area contributed by atoms with Crippen molar-refractivity contribution in [3.05, 3.63) is 46.1 Å². The molecule has 1 aliphatic rings. The van der Waals surface area contributed by atoms with E-state index in [0.717, 1.165) is 0 Å². The first-order valence-electron chi connectivity index (χ1n) is 8.97. The molecule has 7 nitrogen and oxygen atoms in total. The number of carbonyl (C=O) groups is 2. The highest BCUT2D eigenvalue weighted by atomic mass is 16.5. The van der Waals surface area contributed by atoms with Crippen molar-refractivity contribution in [1.29, 1.82) is 0 Å². The van der Waals surface area contributed by atoms with Gasteiger partial charge in [0.15, 0.2) is 5.58 Å². The summed E-state index contributed by atoms with van der Waals surface area (Å²) in [4.78, 5) is 36.2. The Bertz CT molecular complexity index is 1280. The zero-order valence-corrected chi connectivity index (χ0v) is 16.3. The molecule has 0 N–H and O–H groups in total. The van der Waals surface area contributed by atoms with E-state index in [2.05, 4.69) is 0 Å². The minimum atomic E-state index is -0.579. The van der Waals surface area contributed by atoms with Crippen LogP contribution in [0.3, 0.4) is 0 Å². The Kier molecular flexibility index (Phi) is 4.19. The molecule has 0 unspecified atom stereocenters. The molecule has 0 bridgehead atoms. The van der Waals surface area contributed by atoms with Crippen LogP contribution in [-0.4, -0.2) is 17.5 Å². The predicted molar refractivity (Wildman–Crippen MR) is 106 cm³/mol. The van der Waals surface area contributed by atoms with E-state index in [4.69, 9.17) is 18.6 Å². The molecule has 2 heterocycles. The monoisotopic (exact) mass is 394 g/mol. The number of fused-ring (bicyclic) bond motifs is 4. The van der Waals surface area contributed by atoms with E-state index in [1.807, 2.05) is 26.0 Å². The summed E-state index contributed by atoms with van der Waals surface area (Å²) in [6.07, 6.45) is 3.68. The Morgan fingerprint density at radius 1 is 1.03 bits per heavy atom. The lowest BCUT2D eigenvalue weighted by atomic mass is 9.99. The van der Waals surface area contributed by atoms with Crippen LogP contribution in [0.15, 0.2) is 39.6 Å². The van der Waals surface area contributed by atoms with E-state index in [-0.39, 0.29) is 27.9 Å². The number of esters is 2. The fourth-order valence-electron chi connectivity index (χ4n) is 3.28. The Balaban J connectivity index is 2.08. The van der Waals surface area contributed by atoms with Crippen molar-refractivity contribution < 1.29 is 28.2 Å². The summed E-state index contributed by atoms with van der Waals surface area (Å²) >= 11 is 0. The average molecular weight is 394 g/mol. The maximum absolute atomic E-state index is 13.3. The Morgan fingerprint density at radius 3 is 2.45 bits per heavy atom. The third-order valence-corrected chi connectivity index (χ3v) is 4.42. The van der Waals surface area contributed by atoms with Crippen molar-refractivity contribution in [2.24, 2.45) is 0 Å². The molecule has 4 rings (SSSR count). The molecular weight excluding hydrogens is 376 g/mol. The van der Waals surface area contributed by atoms with Gasteiger partial charge in [0, 0.05) is 19.9 Å². The largest absolute Gasteiger partial charge is 0.483 e. The summed E-state index contributed by atoms with van der Waals surface area (Å²) in [5.41, 5.74) is 0.164. The van der Waals surface area contributed by atoms with Gasteiger partial charge in [-0.05, 0) is 44.2 Å². The van der Waals surface area contributed by atoms with Crippen LogP contribution < -0.4 is 19.6 Å². The molecule has 3 aromatic rings. The first-order chi connectivity index (χ1) is 13.6. The molecule has 0 fully saturated rings. The second-order valence-corrected chi connectivity index (χ2v) is 7.31. The zero-order valence-electron chi connectivity index (χ0n) is 16.3. The van der Waals surface area contributed by atoms with Gasteiger partial charge in [-0.1, -0.05) is 0 Å². The van der Waals surface area contributed by atoms with E-state index >= 15 is 0 Å². The van der Waals surface area contributed by atoms with Gasteiger partial charge >= 0.3 is 11.9 Å². The van der Waals surface area contributed by atoms with Crippen molar-refractivity contribution in [2.45, 2.75) is 33.3 Å². The van der Waals surface area contributed by atoms with Gasteiger partial charge < -0.3 is 18.6 Å². The second kappa shape index (κ2) is 6.48. The van der Waals surface area contributed by atoms with Crippen LogP contribution in [0.5, 0.6) is 17.2 Å². The van der Waals surface area contributed by atoms with E-state index in [1.54, 1.807) is 6.07 Å². The Hall–Kier alpha value is -3.61. The smallest absolute Gasteiger partial charge is 0.308 e. The van der Waals surface area contributed by atoms with Gasteiger partial charge in [-0.2, -0.15) is 0 Å². The first-order valence-corrected chi connectivity index (χ1v) is 8.97. The van der Waals surface area contributed by atoms with Crippen molar-refractivity contribution in [1.82, 2.24) is 0 Å². The standard InChI is InChI=1S/C22H18O7/c1-11(23)26-13-5-6-16-15(9-13)20(25)19-18(27-12(2)24)10-17-14(21(19)28-16)7-8-22(3,4)29-17/h5-10H,1-4H3. The summed E-state index contributed by atoms with van der Waals surface area (Å²) in [6, 6.07) is 6.03. The van der Waals surface area contributed by atoms with Crippen LogP contribution in [0.4, 0.5) is 0 Å². The van der Waals surface area contributed by atoms with Gasteiger partial charge in [0.05, 0.1) is 10.9 Å². The summed E-state index contributed by atoms with van der Waals surface area (Å²) in [5.74, 6) is -0.376. The van der Waals surface area contributed by atoms with E-state index in [1.165, 1.54) is 32.0 Å². The molecule has 0 amide bonds. The van der Waals surface area contributed by atoms with Gasteiger partial charge in [-0.3, -0.25) is 14.4 Å². The number of carbonyl (C=O) groups excluding carboxylic acids is 2. The molecule has 0 radical (unpaired) electrons. The fraction of sp³-hybridized carbons (Fsp3) is 0.227. The lowest BCUT2D eigenvalue weighted by molar-refractivity contribution is -0.132. The molecule has 7 heteroatoms. The second-order valence-electron chi connectivity index (χ2n) is 7.31. The molecule has 148 valence electrons. The molecular formula is C22H18O7. The number of hydrogen-bond acceptors (Lipinski definition) is 7. The van der Waals surface area contributed by atoms with Gasteiger partial charge in [0.2, 0.25) is 5.43 Å². The number of rotatable bonds is 2.